The maximum atomic E-state index is 9.83. The number of para-hydroxylation sites is 4. The summed E-state index contributed by atoms with van der Waals surface area (Å²) in [5, 5.41) is 26.2. The van der Waals surface area contributed by atoms with Gasteiger partial charge in [0.05, 0.1) is 40.3 Å². The summed E-state index contributed by atoms with van der Waals surface area (Å²) in [5.74, 6) is 0. The lowest BCUT2D eigenvalue weighted by Crippen LogP contribution is -2.29. The van der Waals surface area contributed by atoms with Gasteiger partial charge in [-0.3, -0.25) is 0 Å². The molecule has 2 aromatic heterocycles. The second kappa shape index (κ2) is 16.7. The van der Waals surface area contributed by atoms with Gasteiger partial charge in [0.15, 0.2) is 11.2 Å². The third kappa shape index (κ3) is 6.42. The van der Waals surface area contributed by atoms with Crippen molar-refractivity contribution in [3.8, 4) is 34.4 Å². The van der Waals surface area contributed by atoms with E-state index in [-0.39, 0.29) is 5.41 Å². The first-order chi connectivity index (χ1) is 36.1. The molecule has 0 bridgehead atoms. The molecule has 2 aliphatic rings. The number of halogens is 1. The molecular formula is C66H45FN4O2S. The van der Waals surface area contributed by atoms with Gasteiger partial charge in [0.25, 0.3) is 0 Å². The Morgan fingerprint density at radius 1 is 0.405 bits per heavy atom. The molecule has 0 unspecified atom stereocenters. The standard InChI is InChI=1S/C66H44N4O2.FHS/c1-65(2)53-17-9-16-52-55(70(42-28-24-40(38-68)25-29-42)57-19-11-15-51-46-13-6-8-21-59(46)72-64(51)57)35-34-47(60(52)53)49-33-32-48-44-31-30-43(36-54(44)66(3,4)61(48)62(49)65)69(41-26-22-39(37-67)23-27-41)56-18-10-14-50-45-12-5-7-20-58(45)71-63(50)56;1-2/h5-36H,1-4H3;2H. The minimum Gasteiger partial charge on any atom is -0.454 e. The predicted octanol–water partition coefficient (Wildman–Crippen LogP) is 18.7. The molecule has 0 radical (unpaired) electrons. The fourth-order valence-corrected chi connectivity index (χ4v) is 12.4. The summed E-state index contributed by atoms with van der Waals surface area (Å²) in [4.78, 5) is 4.57. The van der Waals surface area contributed by atoms with E-state index in [0.29, 0.717) is 11.1 Å². The van der Waals surface area contributed by atoms with Crippen LogP contribution in [0.4, 0.5) is 38.0 Å². The number of nitriles is 2. The topological polar surface area (TPSA) is 80.3 Å². The number of thiol groups is 1. The first-order valence-electron chi connectivity index (χ1n) is 24.6. The van der Waals surface area contributed by atoms with Crippen molar-refractivity contribution in [2.45, 2.75) is 38.5 Å². The fourth-order valence-electron chi connectivity index (χ4n) is 12.4. The number of benzene rings is 10. The van der Waals surface area contributed by atoms with E-state index in [1.165, 1.54) is 49.9 Å². The number of fused-ring (bicyclic) bond motifs is 12. The summed E-state index contributed by atoms with van der Waals surface area (Å²) in [7, 11) is 0. The van der Waals surface area contributed by atoms with Crippen LogP contribution in [0.5, 0.6) is 0 Å². The molecule has 2 heterocycles. The van der Waals surface area contributed by atoms with Crippen molar-refractivity contribution in [2.75, 3.05) is 9.80 Å². The maximum absolute atomic E-state index is 9.83. The monoisotopic (exact) mass is 976 g/mol. The van der Waals surface area contributed by atoms with Gasteiger partial charge in [-0.25, -0.2) is 0 Å². The van der Waals surface area contributed by atoms with Crippen LogP contribution in [0.1, 0.15) is 61.1 Å². The van der Waals surface area contributed by atoms with Crippen molar-refractivity contribution in [1.29, 1.82) is 10.5 Å². The van der Waals surface area contributed by atoms with Gasteiger partial charge in [-0.05, 0) is 141 Å². The third-order valence-electron chi connectivity index (χ3n) is 15.7. The van der Waals surface area contributed by atoms with Crippen molar-refractivity contribution in [3.05, 3.63) is 228 Å². The molecule has 0 amide bonds. The van der Waals surface area contributed by atoms with Gasteiger partial charge in [-0.1, -0.05) is 131 Å². The Morgan fingerprint density at radius 3 is 1.43 bits per heavy atom. The van der Waals surface area contributed by atoms with Crippen LogP contribution in [0, 0.1) is 22.7 Å². The largest absolute Gasteiger partial charge is 0.454 e. The van der Waals surface area contributed by atoms with E-state index < -0.39 is 5.41 Å². The van der Waals surface area contributed by atoms with Gasteiger partial charge in [0.1, 0.15) is 11.2 Å². The van der Waals surface area contributed by atoms with Gasteiger partial charge in [0.2, 0.25) is 0 Å². The minimum atomic E-state index is -0.391. The summed E-state index contributed by atoms with van der Waals surface area (Å²) in [5.41, 5.74) is 19.7. The smallest absolute Gasteiger partial charge is 0.159 e. The number of anilines is 6. The van der Waals surface area contributed by atoms with E-state index in [4.69, 9.17) is 8.83 Å². The van der Waals surface area contributed by atoms with Crippen LogP contribution in [-0.4, -0.2) is 0 Å². The number of nitrogens with zero attached hydrogens (tertiary/aromatic N) is 4. The Morgan fingerprint density at radius 2 is 0.851 bits per heavy atom. The Kier molecular flexibility index (Phi) is 10.1. The molecule has 8 heteroatoms. The molecule has 0 spiro atoms. The Labute approximate surface area is 433 Å². The highest BCUT2D eigenvalue weighted by molar-refractivity contribution is 7.74. The van der Waals surface area contributed by atoms with Crippen LogP contribution >= 0.6 is 13.0 Å². The average Bonchev–Trinajstić information content (AvgIpc) is 4.11. The molecule has 14 rings (SSSR count). The molecule has 6 nitrogen and oxygen atoms in total. The van der Waals surface area contributed by atoms with Crippen LogP contribution < -0.4 is 9.80 Å². The second-order valence-corrected chi connectivity index (χ2v) is 20.2. The summed E-state index contributed by atoms with van der Waals surface area (Å²) in [6.07, 6.45) is 0. The lowest BCUT2D eigenvalue weighted by Gasteiger charge is -2.40. The molecular weight excluding hydrogens is 932 g/mol. The van der Waals surface area contributed by atoms with Crippen molar-refractivity contribution >= 4 is 102 Å². The second-order valence-electron chi connectivity index (χ2n) is 20.2. The van der Waals surface area contributed by atoms with Gasteiger partial charge in [-0.15, -0.1) is 0 Å². The molecule has 2 aliphatic carbocycles. The van der Waals surface area contributed by atoms with Crippen LogP contribution in [0.2, 0.25) is 0 Å². The van der Waals surface area contributed by atoms with Crippen molar-refractivity contribution in [1.82, 2.24) is 0 Å². The number of rotatable bonds is 6. The van der Waals surface area contributed by atoms with Crippen molar-refractivity contribution in [3.63, 3.8) is 0 Å². The van der Waals surface area contributed by atoms with Crippen LogP contribution in [-0.2, 0) is 10.8 Å². The molecule has 0 saturated carbocycles. The van der Waals surface area contributed by atoms with Gasteiger partial charge >= 0.3 is 0 Å². The van der Waals surface area contributed by atoms with E-state index in [9.17, 15) is 14.4 Å². The van der Waals surface area contributed by atoms with Crippen LogP contribution in [0.25, 0.3) is 76.9 Å². The number of hydrogen-bond donors (Lipinski definition) is 1. The molecule has 10 aromatic carbocycles. The average molecular weight is 977 g/mol. The zero-order chi connectivity index (χ0) is 50.6. The van der Waals surface area contributed by atoms with Crippen molar-refractivity contribution < 1.29 is 12.7 Å². The van der Waals surface area contributed by atoms with E-state index >= 15 is 0 Å². The fraction of sp³-hybridized carbons (Fsp3) is 0.0909. The Balaban J connectivity index is 0.00000261. The SMILES string of the molecule is CC1(C)c2cc(N(c3ccc(C#N)cc3)c3cccc4c3oc3ccccc34)ccc2-c2ccc3c(c21)C(C)(C)c1cccc2c(N(c4ccc(C#N)cc4)c4cccc5c4oc4ccccc45)ccc-3c12.FS. The molecule has 12 aromatic rings. The van der Waals surface area contributed by atoms with Crippen molar-refractivity contribution in [2.24, 2.45) is 0 Å². The molecule has 0 aliphatic heterocycles. The zero-order valence-electron chi connectivity index (χ0n) is 40.9. The van der Waals surface area contributed by atoms with Crippen LogP contribution in [0.15, 0.2) is 203 Å². The van der Waals surface area contributed by atoms with Gasteiger partial charge in [-0.2, -0.15) is 14.4 Å². The van der Waals surface area contributed by atoms with E-state index in [2.05, 4.69) is 171 Å². The molecule has 0 atom stereocenters. The maximum Gasteiger partial charge on any atom is 0.159 e. The Hall–Kier alpha value is -9.08. The zero-order valence-corrected chi connectivity index (χ0v) is 41.8. The predicted molar refractivity (Wildman–Crippen MR) is 303 cm³/mol. The lowest BCUT2D eigenvalue weighted by atomic mass is 9.63. The molecule has 0 N–H and O–H groups in total. The van der Waals surface area contributed by atoms with E-state index in [1.807, 2.05) is 85.8 Å². The molecule has 0 saturated heterocycles. The number of furan rings is 2. The lowest BCUT2D eigenvalue weighted by molar-refractivity contribution is 0.591. The highest BCUT2D eigenvalue weighted by atomic mass is 32.1. The summed E-state index contributed by atoms with van der Waals surface area (Å²) >= 11 is 2.03. The van der Waals surface area contributed by atoms with Gasteiger partial charge < -0.3 is 18.6 Å². The van der Waals surface area contributed by atoms with E-state index in [1.54, 1.807) is 0 Å². The molecule has 354 valence electrons. The molecule has 0 fully saturated rings. The first kappa shape index (κ1) is 44.8. The van der Waals surface area contributed by atoms with Gasteiger partial charge in [0, 0.05) is 67.8 Å². The third-order valence-corrected chi connectivity index (χ3v) is 15.7. The normalized spacial score (nSPS) is 13.5. The van der Waals surface area contributed by atoms with E-state index in [0.717, 1.165) is 83.4 Å². The number of hydrogen-bond acceptors (Lipinski definition) is 7. The minimum absolute atomic E-state index is 0.381. The van der Waals surface area contributed by atoms with Crippen LogP contribution in [0.3, 0.4) is 0 Å². The Bertz CT molecular complexity index is 4380. The highest BCUT2D eigenvalue weighted by Crippen LogP contribution is 2.60. The summed E-state index contributed by atoms with van der Waals surface area (Å²) in [6, 6.07) is 72.4. The quantitative estimate of drug-likeness (QED) is 0.167. The summed E-state index contributed by atoms with van der Waals surface area (Å²) < 4.78 is 22.6. The first-order valence-corrected chi connectivity index (χ1v) is 25.0. The highest BCUT2D eigenvalue weighted by Gasteiger charge is 2.45. The summed E-state index contributed by atoms with van der Waals surface area (Å²) in [6.45, 7) is 9.57. The molecule has 74 heavy (non-hydrogen) atoms.